The molecule has 1 aromatic carbocycles. The molecule has 1 nitrogen and oxygen atoms in total. The van der Waals surface area contributed by atoms with Gasteiger partial charge in [0.2, 0.25) is 0 Å². The monoisotopic (exact) mass is 209 g/mol. The molecule has 0 amide bonds. The Morgan fingerprint density at radius 1 is 1.27 bits per heavy atom. The van der Waals surface area contributed by atoms with E-state index in [2.05, 4.69) is 0 Å². The second-order valence-electron chi connectivity index (χ2n) is 4.10. The number of benzene rings is 1. The summed E-state index contributed by atoms with van der Waals surface area (Å²) in [6, 6.07) is 3.07. The van der Waals surface area contributed by atoms with Gasteiger partial charge in [-0.3, -0.25) is 0 Å². The molecule has 1 heterocycles. The average Bonchev–Trinajstić information content (AvgIpc) is 2.47. The largest absolute Gasteiger partial charge is 0.350 e. The van der Waals surface area contributed by atoms with E-state index in [0.29, 0.717) is 10.9 Å². The molecule has 0 atom stereocenters. The van der Waals surface area contributed by atoms with Crippen LogP contribution in [0.5, 0.6) is 0 Å². The van der Waals surface area contributed by atoms with Crippen LogP contribution < -0.4 is 0 Å². The van der Waals surface area contributed by atoms with E-state index in [1.165, 1.54) is 6.07 Å². The van der Waals surface area contributed by atoms with Gasteiger partial charge in [0.05, 0.1) is 5.52 Å². The molecular formula is C12H13F2N. The lowest BCUT2D eigenvalue weighted by Gasteiger charge is -2.09. The topological polar surface area (TPSA) is 4.93 Å². The Kier molecular flexibility index (Phi) is 2.25. The third kappa shape index (κ3) is 1.42. The van der Waals surface area contributed by atoms with Gasteiger partial charge in [0, 0.05) is 24.2 Å². The minimum atomic E-state index is -0.461. The van der Waals surface area contributed by atoms with E-state index in [0.717, 1.165) is 0 Å². The molecule has 0 fully saturated rings. The molecular weight excluding hydrogens is 196 g/mol. The summed E-state index contributed by atoms with van der Waals surface area (Å²) in [5.41, 5.74) is 0.767. The number of rotatable bonds is 1. The van der Waals surface area contributed by atoms with Crippen LogP contribution >= 0.6 is 0 Å². The summed E-state index contributed by atoms with van der Waals surface area (Å²) in [5.74, 6) is -1.04. The standard InChI is InChI=1S/C12H13F2N/c1-7(2)11-9(13)6-10-8(12(11)14)4-5-15(10)3/h4-7H,1-3H3. The van der Waals surface area contributed by atoms with Crippen molar-refractivity contribution in [1.82, 2.24) is 4.57 Å². The van der Waals surface area contributed by atoms with Crippen molar-refractivity contribution in [1.29, 1.82) is 0 Å². The van der Waals surface area contributed by atoms with Crippen LogP contribution in [0.1, 0.15) is 25.3 Å². The van der Waals surface area contributed by atoms with E-state index >= 15 is 0 Å². The van der Waals surface area contributed by atoms with E-state index in [1.54, 1.807) is 37.7 Å². The number of aromatic nitrogens is 1. The van der Waals surface area contributed by atoms with Crippen molar-refractivity contribution in [2.24, 2.45) is 7.05 Å². The summed E-state index contributed by atoms with van der Waals surface area (Å²) in [5, 5.41) is 0.489. The van der Waals surface area contributed by atoms with E-state index in [1.807, 2.05) is 0 Å². The summed E-state index contributed by atoms with van der Waals surface area (Å²) < 4.78 is 29.3. The lowest BCUT2D eigenvalue weighted by atomic mass is 10.00. The number of halogens is 2. The Bertz CT molecular complexity index is 512. The van der Waals surface area contributed by atoms with Gasteiger partial charge in [0.1, 0.15) is 11.6 Å². The predicted octanol–water partition coefficient (Wildman–Crippen LogP) is 3.58. The molecule has 0 saturated heterocycles. The Balaban J connectivity index is 2.85. The van der Waals surface area contributed by atoms with Gasteiger partial charge in [-0.25, -0.2) is 8.78 Å². The molecule has 0 radical (unpaired) electrons. The Morgan fingerprint density at radius 3 is 2.53 bits per heavy atom. The van der Waals surface area contributed by atoms with Crippen molar-refractivity contribution in [2.75, 3.05) is 0 Å². The van der Waals surface area contributed by atoms with Crippen molar-refractivity contribution < 1.29 is 8.78 Å². The predicted molar refractivity (Wildman–Crippen MR) is 56.9 cm³/mol. The number of fused-ring (bicyclic) bond motifs is 1. The molecule has 80 valence electrons. The van der Waals surface area contributed by atoms with E-state index < -0.39 is 11.6 Å². The summed E-state index contributed by atoms with van der Waals surface area (Å²) in [7, 11) is 1.77. The number of nitrogens with zero attached hydrogens (tertiary/aromatic N) is 1. The van der Waals surface area contributed by atoms with Crippen LogP contribution in [0.3, 0.4) is 0 Å². The highest BCUT2D eigenvalue weighted by molar-refractivity contribution is 5.82. The summed E-state index contributed by atoms with van der Waals surface area (Å²) in [6.45, 7) is 3.58. The maximum absolute atomic E-state index is 13.9. The van der Waals surface area contributed by atoms with Crippen LogP contribution in [0, 0.1) is 11.6 Å². The van der Waals surface area contributed by atoms with Crippen LogP contribution in [0.2, 0.25) is 0 Å². The Morgan fingerprint density at radius 2 is 1.93 bits per heavy atom. The Hall–Kier alpha value is -1.38. The molecule has 0 aliphatic rings. The molecule has 2 aromatic rings. The number of aryl methyl sites for hydroxylation is 1. The molecule has 0 spiro atoms. The molecule has 0 saturated carbocycles. The molecule has 0 N–H and O–H groups in total. The fraction of sp³-hybridized carbons (Fsp3) is 0.333. The molecule has 2 rings (SSSR count). The van der Waals surface area contributed by atoms with E-state index in [4.69, 9.17) is 0 Å². The second-order valence-corrected chi connectivity index (χ2v) is 4.10. The minimum Gasteiger partial charge on any atom is -0.350 e. The zero-order valence-electron chi connectivity index (χ0n) is 9.01. The minimum absolute atomic E-state index is 0.144. The van der Waals surface area contributed by atoms with Gasteiger partial charge in [0.25, 0.3) is 0 Å². The van der Waals surface area contributed by atoms with E-state index in [9.17, 15) is 8.78 Å². The third-order valence-electron chi connectivity index (χ3n) is 2.69. The molecule has 0 aliphatic carbocycles. The van der Waals surface area contributed by atoms with Gasteiger partial charge in [0.15, 0.2) is 0 Å². The maximum atomic E-state index is 13.9. The highest BCUT2D eigenvalue weighted by Gasteiger charge is 2.17. The first-order valence-corrected chi connectivity index (χ1v) is 4.95. The number of hydrogen-bond acceptors (Lipinski definition) is 0. The highest BCUT2D eigenvalue weighted by atomic mass is 19.1. The average molecular weight is 209 g/mol. The van der Waals surface area contributed by atoms with Gasteiger partial charge in [-0.15, -0.1) is 0 Å². The maximum Gasteiger partial charge on any atom is 0.138 e. The molecule has 0 aliphatic heterocycles. The summed E-state index contributed by atoms with van der Waals surface area (Å²) in [4.78, 5) is 0. The molecule has 15 heavy (non-hydrogen) atoms. The van der Waals surface area contributed by atoms with Crippen LogP contribution in [0.15, 0.2) is 18.3 Å². The van der Waals surface area contributed by atoms with Crippen LogP contribution in [0.4, 0.5) is 8.78 Å². The quantitative estimate of drug-likeness (QED) is 0.676. The smallest absolute Gasteiger partial charge is 0.138 e. The van der Waals surface area contributed by atoms with Crippen molar-refractivity contribution >= 4 is 10.9 Å². The lowest BCUT2D eigenvalue weighted by molar-refractivity contribution is 0.549. The molecule has 1 aromatic heterocycles. The molecule has 0 unspecified atom stereocenters. The molecule has 3 heteroatoms. The van der Waals surface area contributed by atoms with Crippen LogP contribution in [-0.4, -0.2) is 4.57 Å². The SMILES string of the molecule is CC(C)c1c(F)cc2c(ccn2C)c1F. The second kappa shape index (κ2) is 3.33. The van der Waals surface area contributed by atoms with Crippen molar-refractivity contribution in [3.8, 4) is 0 Å². The Labute approximate surface area is 87.3 Å². The van der Waals surface area contributed by atoms with Gasteiger partial charge < -0.3 is 4.57 Å². The summed E-state index contributed by atoms with van der Waals surface area (Å²) in [6.07, 6.45) is 1.73. The molecule has 0 bridgehead atoms. The van der Waals surface area contributed by atoms with Gasteiger partial charge in [-0.05, 0) is 18.1 Å². The first-order chi connectivity index (χ1) is 7.02. The third-order valence-corrected chi connectivity index (χ3v) is 2.69. The van der Waals surface area contributed by atoms with Gasteiger partial charge in [-0.1, -0.05) is 13.8 Å². The van der Waals surface area contributed by atoms with Crippen LogP contribution in [-0.2, 0) is 7.05 Å². The normalized spacial score (nSPS) is 11.6. The highest BCUT2D eigenvalue weighted by Crippen LogP contribution is 2.29. The van der Waals surface area contributed by atoms with Gasteiger partial charge in [-0.2, -0.15) is 0 Å². The zero-order valence-corrected chi connectivity index (χ0v) is 9.01. The first-order valence-electron chi connectivity index (χ1n) is 4.95. The fourth-order valence-corrected chi connectivity index (χ4v) is 1.88. The van der Waals surface area contributed by atoms with Crippen LogP contribution in [0.25, 0.3) is 10.9 Å². The zero-order chi connectivity index (χ0) is 11.2. The van der Waals surface area contributed by atoms with Crippen molar-refractivity contribution in [3.05, 3.63) is 35.5 Å². The summed E-state index contributed by atoms with van der Waals surface area (Å²) >= 11 is 0. The number of hydrogen-bond donors (Lipinski definition) is 0. The van der Waals surface area contributed by atoms with Gasteiger partial charge >= 0.3 is 0 Å². The fourth-order valence-electron chi connectivity index (χ4n) is 1.88. The van der Waals surface area contributed by atoms with E-state index in [-0.39, 0.29) is 11.5 Å². The van der Waals surface area contributed by atoms with Crippen molar-refractivity contribution in [3.63, 3.8) is 0 Å². The first kappa shape index (κ1) is 10.1. The lowest BCUT2D eigenvalue weighted by Crippen LogP contribution is -1.99. The van der Waals surface area contributed by atoms with Crippen molar-refractivity contribution in [2.45, 2.75) is 19.8 Å².